The Morgan fingerprint density at radius 2 is 1.31 bits per heavy atom. The average Bonchev–Trinajstić information content (AvgIpc) is 2.08. The van der Waals surface area contributed by atoms with Gasteiger partial charge in [-0.25, -0.2) is 0 Å². The normalized spacial score (nSPS) is 7.85. The van der Waals surface area contributed by atoms with Crippen molar-refractivity contribution in [3.05, 3.63) is 13.2 Å². The number of hydrogen-bond acceptors (Lipinski definition) is 4. The van der Waals surface area contributed by atoms with Gasteiger partial charge < -0.3 is 30.5 Å². The minimum atomic E-state index is -0.750. The molecule has 6 nitrogen and oxygen atoms in total. The molecule has 84 valence electrons. The molecule has 0 aromatic carbocycles. The summed E-state index contributed by atoms with van der Waals surface area (Å²) in [5, 5.41) is 32.7. The lowest BCUT2D eigenvalue weighted by Crippen LogP contribution is -2.12. The molecule has 0 aliphatic heterocycles. The van der Waals surface area contributed by atoms with Crippen molar-refractivity contribution < 1.29 is 30.5 Å². The van der Waals surface area contributed by atoms with Crippen molar-refractivity contribution in [3.63, 3.8) is 0 Å². The van der Waals surface area contributed by atoms with Crippen LogP contribution in [0.4, 0.5) is 0 Å². The first kappa shape index (κ1) is 18.5. The van der Waals surface area contributed by atoms with E-state index in [0.29, 0.717) is 0 Å². The molecule has 13 heavy (non-hydrogen) atoms. The Morgan fingerprint density at radius 1 is 1.08 bits per heavy atom. The molecule has 6 heteroatoms. The quantitative estimate of drug-likeness (QED) is 0.147. The lowest BCUT2D eigenvalue weighted by atomic mass is 10.5. The average molecular weight is 198 g/mol. The van der Waals surface area contributed by atoms with E-state index >= 15 is 0 Å². The number of hydrogen-bond donors (Lipinski definition) is 2. The van der Waals surface area contributed by atoms with Gasteiger partial charge in [-0.3, -0.25) is 0 Å². The zero-order valence-electron chi connectivity index (χ0n) is 7.88. The van der Waals surface area contributed by atoms with Gasteiger partial charge in [0.1, 0.15) is 6.79 Å². The molecule has 0 amide bonds. The molecule has 0 saturated heterocycles. The third-order valence-corrected chi connectivity index (χ3v) is 0.360. The van der Waals surface area contributed by atoms with Gasteiger partial charge >= 0.3 is 0 Å². The van der Waals surface area contributed by atoms with Gasteiger partial charge in [-0.15, -0.1) is 0 Å². The van der Waals surface area contributed by atoms with Gasteiger partial charge in [-0.1, -0.05) is 33.5 Å². The van der Waals surface area contributed by atoms with Crippen LogP contribution in [0.2, 0.25) is 0 Å². The minimum absolute atomic E-state index is 0.229. The van der Waals surface area contributed by atoms with Crippen LogP contribution < -0.4 is 10.5 Å². The molecule has 0 saturated carbocycles. The summed E-state index contributed by atoms with van der Waals surface area (Å²) in [7, 11) is 0. The predicted octanol–water partition coefficient (Wildman–Crippen LogP) is -1.22. The Hall–Kier alpha value is -0.240. The fourth-order valence-electron chi connectivity index (χ4n) is 0.133. The highest BCUT2D eigenvalue weighted by Crippen LogP contribution is 1.83. The van der Waals surface area contributed by atoms with Crippen LogP contribution in [0.1, 0.15) is 26.7 Å². The molecule has 0 rings (SSSR count). The van der Waals surface area contributed by atoms with E-state index in [9.17, 15) is 10.5 Å². The molecule has 0 atom stereocenters. The predicted molar refractivity (Wildman–Crippen MR) is 43.7 cm³/mol. The maximum atomic E-state index is 9.21. The van der Waals surface area contributed by atoms with Crippen LogP contribution in [-0.4, -0.2) is 26.8 Å². The molecule has 4 N–H and O–H groups in total. The monoisotopic (exact) mass is 198 g/mol. The summed E-state index contributed by atoms with van der Waals surface area (Å²) in [6.45, 7) is 5.61. The van der Waals surface area contributed by atoms with Crippen LogP contribution in [0.3, 0.4) is 0 Å². The molecule has 0 aliphatic rings. The fraction of sp³-hybridized carbons (Fsp3) is 0.714. The van der Waals surface area contributed by atoms with Crippen LogP contribution in [0.15, 0.2) is 0 Å². The number of aliphatic hydroxyl groups excluding tert-OH is 1. The van der Waals surface area contributed by atoms with Crippen molar-refractivity contribution in [2.75, 3.05) is 6.79 Å². The Morgan fingerprint density at radius 3 is 1.46 bits per heavy atom. The highest BCUT2D eigenvalue weighted by molar-refractivity contribution is 4.52. The number of rotatable bonds is 4. The van der Waals surface area contributed by atoms with Crippen molar-refractivity contribution in [1.82, 2.24) is 0 Å². The van der Waals surface area contributed by atoms with E-state index < -0.39 is 6.79 Å². The third-order valence-electron chi connectivity index (χ3n) is 0.360. The summed E-state index contributed by atoms with van der Waals surface area (Å²) in [4.78, 5) is 4.74. The van der Waals surface area contributed by atoms with E-state index in [1.807, 2.05) is 0 Å². The molecule has 0 bridgehead atoms. The zero-order valence-corrected chi connectivity index (χ0v) is 7.88. The van der Waals surface area contributed by atoms with Crippen LogP contribution >= 0.6 is 0 Å². The van der Waals surface area contributed by atoms with E-state index in [2.05, 4.69) is 23.6 Å². The smallest absolute Gasteiger partial charge is 0.140 e. The molecule has 0 fully saturated rings. The molecule has 0 aromatic rings. The summed E-state index contributed by atoms with van der Waals surface area (Å²) in [6, 6.07) is 0. The van der Waals surface area contributed by atoms with Crippen LogP contribution in [0.5, 0.6) is 0 Å². The third kappa shape index (κ3) is 79.2. The second-order valence-electron chi connectivity index (χ2n) is 1.66. The van der Waals surface area contributed by atoms with Crippen LogP contribution in [0.25, 0.3) is 0 Å². The van der Waals surface area contributed by atoms with Crippen molar-refractivity contribution in [1.29, 1.82) is 0 Å². The first-order valence-corrected chi connectivity index (χ1v) is 3.74. The largest absolute Gasteiger partial charge is 0.589 e. The minimum Gasteiger partial charge on any atom is -0.589 e. The van der Waals surface area contributed by atoms with E-state index in [-0.39, 0.29) is 6.42 Å². The summed E-state index contributed by atoms with van der Waals surface area (Å²) in [6.07, 6.45) is 1.48. The Bertz CT molecular complexity index is 46.2. The molecule has 0 spiro atoms. The highest BCUT2D eigenvalue weighted by atomic mass is 17.1. The highest BCUT2D eigenvalue weighted by Gasteiger charge is 1.62. The van der Waals surface area contributed by atoms with Crippen molar-refractivity contribution in [2.45, 2.75) is 26.7 Å². The maximum Gasteiger partial charge on any atom is 0.140 e. The lowest BCUT2D eigenvalue weighted by molar-refractivity contribution is -0.769. The standard InChI is InChI=1S/C3H6O4.C3H8.CH4O2/c4-6-2-1-3-7-5;1-3-2;2-1-3/h2-3,6-7H,1H2;3H2,1-2H3;2-3H,1H2/q-2;;. The van der Waals surface area contributed by atoms with Gasteiger partial charge in [0.25, 0.3) is 0 Å². The second-order valence-corrected chi connectivity index (χ2v) is 1.66. The summed E-state index contributed by atoms with van der Waals surface area (Å²) >= 11 is 0. The fourth-order valence-corrected chi connectivity index (χ4v) is 0.133. The summed E-state index contributed by atoms with van der Waals surface area (Å²) in [5.41, 5.74) is 0. The summed E-state index contributed by atoms with van der Waals surface area (Å²) in [5.74, 6) is 0. The lowest BCUT2D eigenvalue weighted by Gasteiger charge is -2.15. The zero-order chi connectivity index (χ0) is 10.9. The van der Waals surface area contributed by atoms with Crippen molar-refractivity contribution in [2.24, 2.45) is 0 Å². The Balaban J connectivity index is -0.000000140. The van der Waals surface area contributed by atoms with Crippen molar-refractivity contribution >= 4 is 0 Å². The van der Waals surface area contributed by atoms with E-state index in [4.69, 9.17) is 10.2 Å². The molecule has 0 unspecified atom stereocenters. The Labute approximate surface area is 78.2 Å². The molecule has 0 radical (unpaired) electrons. The van der Waals surface area contributed by atoms with E-state index in [0.717, 1.165) is 13.2 Å². The molecule has 0 aliphatic carbocycles. The van der Waals surface area contributed by atoms with Crippen LogP contribution in [0, 0.1) is 13.2 Å². The van der Waals surface area contributed by atoms with E-state index in [1.165, 1.54) is 6.42 Å². The summed E-state index contributed by atoms with van der Waals surface area (Å²) < 4.78 is 0. The molecular formula is C7H18O6-2. The first-order chi connectivity index (χ1) is 6.24. The molecule has 0 aromatic heterocycles. The van der Waals surface area contributed by atoms with Gasteiger partial charge in [0.05, 0.1) is 0 Å². The topological polar surface area (TPSA) is 112 Å². The van der Waals surface area contributed by atoms with Gasteiger partial charge in [0, 0.05) is 0 Å². The van der Waals surface area contributed by atoms with Gasteiger partial charge in [-0.05, 0) is 0 Å². The maximum absolute atomic E-state index is 9.21. The molecular weight excluding hydrogens is 180 g/mol. The van der Waals surface area contributed by atoms with Gasteiger partial charge in [0.2, 0.25) is 0 Å². The van der Waals surface area contributed by atoms with Gasteiger partial charge in [0.15, 0.2) is 0 Å². The van der Waals surface area contributed by atoms with E-state index in [1.54, 1.807) is 0 Å². The van der Waals surface area contributed by atoms with Gasteiger partial charge in [-0.2, -0.15) is 6.42 Å². The first-order valence-electron chi connectivity index (χ1n) is 3.74. The van der Waals surface area contributed by atoms with Crippen LogP contribution in [-0.2, 0) is 0 Å². The Kier molecular flexibility index (Phi) is 42.5. The number of aliphatic hydroxyl groups is 4. The van der Waals surface area contributed by atoms with Crippen molar-refractivity contribution in [3.8, 4) is 0 Å². The SMILES string of the molecule is CCC.OCO.[O-][OH+][CH-]C[CH-][OH+][O-]. The second kappa shape index (κ2) is 29.8. The molecule has 0 heterocycles.